The summed E-state index contributed by atoms with van der Waals surface area (Å²) in [5.41, 5.74) is 0.180. The maximum absolute atomic E-state index is 13.6. The topological polar surface area (TPSA) is 72.3 Å². The number of aryl methyl sites for hydroxylation is 2. The largest absolute Gasteiger partial charge is 0.344 e. The van der Waals surface area contributed by atoms with E-state index in [0.717, 1.165) is 6.20 Å². The number of nitrogens with zero attached hydrogens (tertiary/aromatic N) is 3. The monoisotopic (exact) mass is 399 g/mol. The van der Waals surface area contributed by atoms with Gasteiger partial charge in [-0.1, -0.05) is 25.1 Å². The second-order valence-electron chi connectivity index (χ2n) is 6.01. The van der Waals surface area contributed by atoms with Crippen molar-refractivity contribution >= 4 is 15.9 Å². The van der Waals surface area contributed by atoms with Crippen molar-refractivity contribution in [2.75, 3.05) is 13.1 Å². The van der Waals surface area contributed by atoms with Gasteiger partial charge in [-0.05, 0) is 38.3 Å². The minimum absolute atomic E-state index is 0.0325. The number of carbonyl (C=O) groups excluding carboxylic acids is 1. The third-order valence-electron chi connectivity index (χ3n) is 4.37. The second-order valence-corrected chi connectivity index (χ2v) is 7.81. The first-order valence-electron chi connectivity index (χ1n) is 8.69. The van der Waals surface area contributed by atoms with Crippen LogP contribution in [0.2, 0.25) is 0 Å². The number of benzene rings is 1. The first kappa shape index (κ1) is 21.0. The van der Waals surface area contributed by atoms with Crippen LogP contribution in [-0.2, 0) is 16.3 Å². The molecule has 0 bridgehead atoms. The van der Waals surface area contributed by atoms with Crippen molar-refractivity contribution in [3.05, 3.63) is 41.1 Å². The van der Waals surface area contributed by atoms with E-state index in [1.54, 1.807) is 45.9 Å². The third kappa shape index (κ3) is 3.87. The Bertz CT molecular complexity index is 935. The molecule has 2 aromatic rings. The number of amides is 1. The van der Waals surface area contributed by atoms with Gasteiger partial charge in [0.2, 0.25) is 9.84 Å². The summed E-state index contributed by atoms with van der Waals surface area (Å²) in [6.07, 6.45) is -1.86. The van der Waals surface area contributed by atoms with Gasteiger partial charge >= 0.3 is 6.03 Å². The molecule has 148 valence electrons. The van der Waals surface area contributed by atoms with Crippen LogP contribution in [0.3, 0.4) is 0 Å². The molecule has 0 saturated carbocycles. The number of alkyl halides is 2. The van der Waals surface area contributed by atoms with E-state index in [-0.39, 0.29) is 4.90 Å². The first-order valence-corrected chi connectivity index (χ1v) is 10.2. The molecule has 1 aromatic carbocycles. The van der Waals surface area contributed by atoms with Gasteiger partial charge in [0.15, 0.2) is 5.03 Å². The Morgan fingerprint density at radius 3 is 2.37 bits per heavy atom. The summed E-state index contributed by atoms with van der Waals surface area (Å²) in [6.45, 7) is 7.55. The van der Waals surface area contributed by atoms with E-state index in [9.17, 15) is 22.0 Å². The minimum atomic E-state index is -4.32. The molecule has 0 spiro atoms. The fraction of sp³-hybridized carbons (Fsp3) is 0.444. The molecule has 0 aliphatic rings. The van der Waals surface area contributed by atoms with Gasteiger partial charge in [-0.2, -0.15) is 9.78 Å². The van der Waals surface area contributed by atoms with Crippen LogP contribution in [0.4, 0.5) is 13.6 Å². The average Bonchev–Trinajstić information content (AvgIpc) is 3.08. The highest BCUT2D eigenvalue weighted by Crippen LogP contribution is 2.33. The lowest BCUT2D eigenvalue weighted by molar-refractivity contribution is 0.148. The van der Waals surface area contributed by atoms with E-state index in [1.807, 2.05) is 0 Å². The Labute approximate surface area is 157 Å². The summed E-state index contributed by atoms with van der Waals surface area (Å²) in [4.78, 5) is 13.8. The number of hydrogen-bond acceptors (Lipinski definition) is 4. The van der Waals surface area contributed by atoms with Crippen molar-refractivity contribution in [2.45, 2.75) is 50.5 Å². The van der Waals surface area contributed by atoms with Crippen molar-refractivity contribution in [2.24, 2.45) is 0 Å². The number of halogens is 2. The van der Waals surface area contributed by atoms with Gasteiger partial charge in [-0.3, -0.25) is 0 Å². The Morgan fingerprint density at radius 1 is 1.22 bits per heavy atom. The average molecular weight is 399 g/mol. The maximum Gasteiger partial charge on any atom is 0.344 e. The SMILES string of the molecule is CCc1cccc(C)c1S(=O)(=O)c1nn(C(=O)N(CC)CC)cc1C(F)F. The van der Waals surface area contributed by atoms with Gasteiger partial charge in [0, 0.05) is 19.3 Å². The molecule has 1 aromatic heterocycles. The van der Waals surface area contributed by atoms with Gasteiger partial charge in [0.25, 0.3) is 6.43 Å². The molecule has 1 amide bonds. The summed E-state index contributed by atoms with van der Waals surface area (Å²) >= 11 is 0. The van der Waals surface area contributed by atoms with E-state index >= 15 is 0 Å². The van der Waals surface area contributed by atoms with Crippen molar-refractivity contribution < 1.29 is 22.0 Å². The maximum atomic E-state index is 13.6. The lowest BCUT2D eigenvalue weighted by atomic mass is 10.1. The normalized spacial score (nSPS) is 11.8. The van der Waals surface area contributed by atoms with Gasteiger partial charge in [0.05, 0.1) is 10.5 Å². The quantitative estimate of drug-likeness (QED) is 0.740. The Kier molecular flexibility index (Phi) is 6.35. The summed E-state index contributed by atoms with van der Waals surface area (Å²) < 4.78 is 54.1. The van der Waals surface area contributed by atoms with E-state index in [4.69, 9.17) is 0 Å². The van der Waals surface area contributed by atoms with Gasteiger partial charge in [-0.15, -0.1) is 0 Å². The van der Waals surface area contributed by atoms with E-state index < -0.39 is 32.9 Å². The Morgan fingerprint density at radius 2 is 1.85 bits per heavy atom. The van der Waals surface area contributed by atoms with Gasteiger partial charge in [-0.25, -0.2) is 22.0 Å². The molecule has 0 aliphatic carbocycles. The van der Waals surface area contributed by atoms with Crippen LogP contribution >= 0.6 is 0 Å². The zero-order valence-corrected chi connectivity index (χ0v) is 16.6. The molecule has 9 heteroatoms. The molecular formula is C18H23F2N3O3S. The predicted octanol–water partition coefficient (Wildman–Crippen LogP) is 3.83. The van der Waals surface area contributed by atoms with Gasteiger partial charge < -0.3 is 4.90 Å². The number of rotatable bonds is 6. The summed E-state index contributed by atoms with van der Waals surface area (Å²) in [5, 5.41) is 2.99. The van der Waals surface area contributed by atoms with Crippen LogP contribution in [0, 0.1) is 6.92 Å². The molecule has 27 heavy (non-hydrogen) atoms. The third-order valence-corrected chi connectivity index (χ3v) is 6.32. The van der Waals surface area contributed by atoms with E-state index in [0.29, 0.717) is 35.3 Å². The van der Waals surface area contributed by atoms with Crippen LogP contribution < -0.4 is 0 Å². The minimum Gasteiger partial charge on any atom is -0.323 e. The molecule has 0 aliphatic heterocycles. The molecule has 0 saturated heterocycles. The highest BCUT2D eigenvalue weighted by molar-refractivity contribution is 7.91. The zero-order valence-electron chi connectivity index (χ0n) is 15.7. The van der Waals surface area contributed by atoms with Crippen molar-refractivity contribution in [3.8, 4) is 0 Å². The van der Waals surface area contributed by atoms with Crippen LogP contribution in [-0.4, -0.2) is 42.2 Å². The summed E-state index contributed by atoms with van der Waals surface area (Å²) in [7, 11) is -4.32. The molecule has 0 unspecified atom stereocenters. The number of carbonyl (C=O) groups is 1. The zero-order chi connectivity index (χ0) is 20.4. The smallest absolute Gasteiger partial charge is 0.323 e. The standard InChI is InChI=1S/C18H23F2N3O3S/c1-5-13-10-8-9-12(4)15(13)27(25,26)17-14(16(19)20)11-23(21-17)18(24)22(6-2)7-3/h8-11,16H,5-7H2,1-4H3. The molecular weight excluding hydrogens is 376 g/mol. The number of hydrogen-bond donors (Lipinski definition) is 0. The Hall–Kier alpha value is -2.29. The lowest BCUT2D eigenvalue weighted by Crippen LogP contribution is -2.34. The summed E-state index contributed by atoms with van der Waals surface area (Å²) in [6, 6.07) is 4.30. The number of aromatic nitrogens is 2. The van der Waals surface area contributed by atoms with Crippen LogP contribution in [0.1, 0.15) is 43.9 Å². The van der Waals surface area contributed by atoms with Crippen molar-refractivity contribution in [1.82, 2.24) is 14.7 Å². The predicted molar refractivity (Wildman–Crippen MR) is 96.9 cm³/mol. The fourth-order valence-electron chi connectivity index (χ4n) is 2.94. The molecule has 2 rings (SSSR count). The fourth-order valence-corrected chi connectivity index (χ4v) is 4.83. The van der Waals surface area contributed by atoms with Crippen LogP contribution in [0.25, 0.3) is 0 Å². The van der Waals surface area contributed by atoms with Crippen molar-refractivity contribution in [1.29, 1.82) is 0 Å². The van der Waals surface area contributed by atoms with E-state index in [1.165, 1.54) is 4.90 Å². The summed E-state index contributed by atoms with van der Waals surface area (Å²) in [5.74, 6) is 0. The van der Waals surface area contributed by atoms with Gasteiger partial charge in [0.1, 0.15) is 0 Å². The molecule has 0 atom stereocenters. The van der Waals surface area contributed by atoms with Crippen LogP contribution in [0.5, 0.6) is 0 Å². The van der Waals surface area contributed by atoms with Crippen molar-refractivity contribution in [3.63, 3.8) is 0 Å². The Balaban J connectivity index is 2.69. The molecule has 1 heterocycles. The van der Waals surface area contributed by atoms with E-state index in [2.05, 4.69) is 5.10 Å². The highest BCUT2D eigenvalue weighted by atomic mass is 32.2. The molecule has 0 N–H and O–H groups in total. The lowest BCUT2D eigenvalue weighted by Gasteiger charge is -2.17. The second kappa shape index (κ2) is 8.16. The molecule has 6 nitrogen and oxygen atoms in total. The molecule has 0 radical (unpaired) electrons. The highest BCUT2D eigenvalue weighted by Gasteiger charge is 2.33. The van der Waals surface area contributed by atoms with Crippen LogP contribution in [0.15, 0.2) is 34.3 Å². The number of sulfone groups is 1. The molecule has 0 fully saturated rings. The first-order chi connectivity index (χ1) is 12.7.